The van der Waals surface area contributed by atoms with E-state index < -0.39 is 0 Å². The molecule has 0 saturated carbocycles. The number of hydrogen-bond acceptors (Lipinski definition) is 5. The van der Waals surface area contributed by atoms with E-state index in [4.69, 9.17) is 0 Å². The van der Waals surface area contributed by atoms with Gasteiger partial charge in [-0.05, 0) is 24.6 Å². The molecule has 23 heavy (non-hydrogen) atoms. The van der Waals surface area contributed by atoms with Crippen molar-refractivity contribution in [1.29, 1.82) is 5.26 Å². The van der Waals surface area contributed by atoms with E-state index in [1.165, 1.54) is 0 Å². The first-order valence-corrected chi connectivity index (χ1v) is 7.50. The van der Waals surface area contributed by atoms with Crippen LogP contribution < -0.4 is 0 Å². The molecule has 0 saturated heterocycles. The highest BCUT2D eigenvalue weighted by Crippen LogP contribution is 2.16. The standard InChI is InChI=1S/C17H16N6/c1-2-4-15-16(20-10-9-19-15)11-14-6-8-22-23(14)17-13(12-18)5-3-7-21-17/h3,5-10H,2,4,11H2,1H3. The molecule has 0 aromatic carbocycles. The van der Waals surface area contributed by atoms with E-state index in [2.05, 4.69) is 33.0 Å². The summed E-state index contributed by atoms with van der Waals surface area (Å²) in [6.07, 6.45) is 9.31. The van der Waals surface area contributed by atoms with Gasteiger partial charge in [0.05, 0.1) is 22.6 Å². The summed E-state index contributed by atoms with van der Waals surface area (Å²) in [4.78, 5) is 13.2. The Morgan fingerprint density at radius 1 is 1.04 bits per heavy atom. The minimum absolute atomic E-state index is 0.491. The fourth-order valence-corrected chi connectivity index (χ4v) is 2.47. The highest BCUT2D eigenvalue weighted by atomic mass is 15.3. The molecule has 3 rings (SSSR count). The molecular weight excluding hydrogens is 288 g/mol. The molecule has 0 aliphatic heterocycles. The maximum Gasteiger partial charge on any atom is 0.171 e. The van der Waals surface area contributed by atoms with Crippen molar-refractivity contribution in [3.8, 4) is 11.9 Å². The Labute approximate surface area is 134 Å². The molecule has 0 radical (unpaired) electrons. The van der Waals surface area contributed by atoms with Crippen LogP contribution in [-0.2, 0) is 12.8 Å². The second kappa shape index (κ2) is 6.79. The molecule has 6 nitrogen and oxygen atoms in total. The van der Waals surface area contributed by atoms with Crippen LogP contribution in [0.4, 0.5) is 0 Å². The van der Waals surface area contributed by atoms with Crippen molar-refractivity contribution in [2.45, 2.75) is 26.2 Å². The summed E-state index contributed by atoms with van der Waals surface area (Å²) in [6, 6.07) is 7.55. The Morgan fingerprint density at radius 3 is 2.65 bits per heavy atom. The SMILES string of the molecule is CCCc1nccnc1Cc1ccnn1-c1ncccc1C#N. The first kappa shape index (κ1) is 14.9. The van der Waals surface area contributed by atoms with E-state index >= 15 is 0 Å². The van der Waals surface area contributed by atoms with Gasteiger partial charge in [-0.1, -0.05) is 13.3 Å². The summed E-state index contributed by atoms with van der Waals surface area (Å²) in [5.74, 6) is 0.538. The summed E-state index contributed by atoms with van der Waals surface area (Å²) in [5, 5.41) is 13.6. The van der Waals surface area contributed by atoms with Crippen LogP contribution in [0.25, 0.3) is 5.82 Å². The number of nitriles is 1. The molecule has 3 aromatic heterocycles. The van der Waals surface area contributed by atoms with E-state index in [-0.39, 0.29) is 0 Å². The number of aromatic nitrogens is 5. The smallest absolute Gasteiger partial charge is 0.171 e. The average Bonchev–Trinajstić information content (AvgIpc) is 3.05. The number of hydrogen-bond donors (Lipinski definition) is 0. The third kappa shape index (κ3) is 3.09. The monoisotopic (exact) mass is 304 g/mol. The summed E-state index contributed by atoms with van der Waals surface area (Å²) in [7, 11) is 0. The lowest BCUT2D eigenvalue weighted by Crippen LogP contribution is -2.09. The van der Waals surface area contributed by atoms with Gasteiger partial charge in [0, 0.05) is 31.2 Å². The molecule has 0 fully saturated rings. The molecule has 0 amide bonds. The number of aryl methyl sites for hydroxylation is 1. The van der Waals surface area contributed by atoms with E-state index in [0.29, 0.717) is 17.8 Å². The van der Waals surface area contributed by atoms with Gasteiger partial charge in [0.1, 0.15) is 6.07 Å². The van der Waals surface area contributed by atoms with Gasteiger partial charge in [-0.3, -0.25) is 9.97 Å². The number of pyridine rings is 1. The molecule has 3 heterocycles. The number of rotatable bonds is 5. The van der Waals surface area contributed by atoms with Crippen molar-refractivity contribution < 1.29 is 0 Å². The van der Waals surface area contributed by atoms with E-state index in [1.54, 1.807) is 41.6 Å². The van der Waals surface area contributed by atoms with Gasteiger partial charge >= 0.3 is 0 Å². The first-order valence-electron chi connectivity index (χ1n) is 7.50. The van der Waals surface area contributed by atoms with Gasteiger partial charge in [0.15, 0.2) is 5.82 Å². The Morgan fingerprint density at radius 2 is 1.87 bits per heavy atom. The molecule has 0 N–H and O–H groups in total. The molecule has 0 bridgehead atoms. The molecule has 0 aliphatic rings. The summed E-state index contributed by atoms with van der Waals surface area (Å²) in [6.45, 7) is 2.12. The average molecular weight is 304 g/mol. The minimum atomic E-state index is 0.491. The van der Waals surface area contributed by atoms with Crippen LogP contribution in [0.1, 0.15) is 36.0 Å². The van der Waals surface area contributed by atoms with Crippen molar-refractivity contribution in [2.24, 2.45) is 0 Å². The second-order valence-corrected chi connectivity index (χ2v) is 5.10. The quantitative estimate of drug-likeness (QED) is 0.723. The largest absolute Gasteiger partial charge is 0.258 e. The van der Waals surface area contributed by atoms with Crippen LogP contribution in [-0.4, -0.2) is 24.7 Å². The van der Waals surface area contributed by atoms with Crippen molar-refractivity contribution in [3.63, 3.8) is 0 Å². The van der Waals surface area contributed by atoms with Crippen molar-refractivity contribution in [1.82, 2.24) is 24.7 Å². The van der Waals surface area contributed by atoms with Crippen molar-refractivity contribution >= 4 is 0 Å². The lowest BCUT2D eigenvalue weighted by molar-refractivity contribution is 0.773. The van der Waals surface area contributed by atoms with Crippen LogP contribution >= 0.6 is 0 Å². The van der Waals surface area contributed by atoms with Crippen molar-refractivity contribution in [2.75, 3.05) is 0 Å². The van der Waals surface area contributed by atoms with Crippen LogP contribution in [0.3, 0.4) is 0 Å². The lowest BCUT2D eigenvalue weighted by Gasteiger charge is -2.09. The maximum absolute atomic E-state index is 9.26. The Hall–Kier alpha value is -3.07. The maximum atomic E-state index is 9.26. The Bertz CT molecular complexity index is 846. The molecule has 6 heteroatoms. The fraction of sp³-hybridized carbons (Fsp3) is 0.235. The van der Waals surface area contributed by atoms with Gasteiger partial charge in [0.2, 0.25) is 0 Å². The molecule has 0 aliphatic carbocycles. The molecule has 0 unspecified atom stereocenters. The van der Waals surface area contributed by atoms with Gasteiger partial charge in [-0.25, -0.2) is 9.67 Å². The summed E-state index contributed by atoms with van der Waals surface area (Å²) < 4.78 is 1.70. The predicted molar refractivity (Wildman–Crippen MR) is 84.9 cm³/mol. The summed E-state index contributed by atoms with van der Waals surface area (Å²) >= 11 is 0. The van der Waals surface area contributed by atoms with Gasteiger partial charge in [0.25, 0.3) is 0 Å². The van der Waals surface area contributed by atoms with Gasteiger partial charge in [-0.2, -0.15) is 10.4 Å². The van der Waals surface area contributed by atoms with E-state index in [0.717, 1.165) is 29.9 Å². The zero-order valence-corrected chi connectivity index (χ0v) is 12.8. The fourth-order valence-electron chi connectivity index (χ4n) is 2.47. The Kier molecular flexibility index (Phi) is 4.39. The molecule has 0 atom stereocenters. The van der Waals surface area contributed by atoms with E-state index in [1.807, 2.05) is 6.07 Å². The number of nitrogens with zero attached hydrogens (tertiary/aromatic N) is 6. The van der Waals surface area contributed by atoms with Crippen LogP contribution in [0.5, 0.6) is 0 Å². The third-order valence-corrected chi connectivity index (χ3v) is 3.52. The van der Waals surface area contributed by atoms with Crippen LogP contribution in [0.2, 0.25) is 0 Å². The van der Waals surface area contributed by atoms with Gasteiger partial charge in [-0.15, -0.1) is 0 Å². The molecular formula is C17H16N6. The molecule has 0 spiro atoms. The second-order valence-electron chi connectivity index (χ2n) is 5.10. The van der Waals surface area contributed by atoms with Crippen molar-refractivity contribution in [3.05, 3.63) is 65.6 Å². The Balaban J connectivity index is 1.98. The third-order valence-electron chi connectivity index (χ3n) is 3.52. The van der Waals surface area contributed by atoms with Gasteiger partial charge < -0.3 is 0 Å². The summed E-state index contributed by atoms with van der Waals surface area (Å²) in [5.41, 5.74) is 3.36. The molecule has 114 valence electrons. The predicted octanol–water partition coefficient (Wildman–Crippen LogP) is 2.47. The van der Waals surface area contributed by atoms with Crippen LogP contribution in [0, 0.1) is 11.3 Å². The normalized spacial score (nSPS) is 10.4. The van der Waals surface area contributed by atoms with E-state index in [9.17, 15) is 5.26 Å². The zero-order chi connectivity index (χ0) is 16.1. The minimum Gasteiger partial charge on any atom is -0.258 e. The topological polar surface area (TPSA) is 80.3 Å². The first-order chi connectivity index (χ1) is 11.3. The zero-order valence-electron chi connectivity index (χ0n) is 12.8. The lowest BCUT2D eigenvalue weighted by atomic mass is 10.1. The highest BCUT2D eigenvalue weighted by Gasteiger charge is 2.13. The molecule has 3 aromatic rings. The highest BCUT2D eigenvalue weighted by molar-refractivity contribution is 5.43. The van der Waals surface area contributed by atoms with Crippen LogP contribution in [0.15, 0.2) is 43.0 Å².